The summed E-state index contributed by atoms with van der Waals surface area (Å²) >= 11 is 8.00. The number of hydrogen-bond acceptors (Lipinski definition) is 6. The van der Waals surface area contributed by atoms with Gasteiger partial charge in [0.2, 0.25) is 5.75 Å². The van der Waals surface area contributed by atoms with Crippen LogP contribution in [0.25, 0.3) is 6.08 Å². The standard InChI is InChI=1S/C14H10BrN3O5S/c1-2-3-17-13(21)9(12(20)16-14(17)24)5-7-4-8(15)6-10(11(7)19)18(22)23/h2,4-6,19H,1,3H2,(H,16,20,24)/b9-5+. The number of nitrogens with one attached hydrogen (secondary N) is 1. The largest absolute Gasteiger partial charge is 0.502 e. The summed E-state index contributed by atoms with van der Waals surface area (Å²) in [5, 5.41) is 23.2. The summed E-state index contributed by atoms with van der Waals surface area (Å²) in [6.07, 6.45) is 2.50. The van der Waals surface area contributed by atoms with Crippen LogP contribution in [0.2, 0.25) is 0 Å². The van der Waals surface area contributed by atoms with E-state index in [0.717, 1.165) is 17.0 Å². The van der Waals surface area contributed by atoms with Crippen molar-refractivity contribution in [1.82, 2.24) is 10.2 Å². The van der Waals surface area contributed by atoms with Crippen LogP contribution in [0.3, 0.4) is 0 Å². The Bertz CT molecular complexity index is 821. The van der Waals surface area contributed by atoms with Crippen LogP contribution in [0.4, 0.5) is 5.69 Å². The second kappa shape index (κ2) is 6.89. The number of rotatable bonds is 4. The molecule has 1 fully saturated rings. The number of aromatic hydroxyl groups is 1. The van der Waals surface area contributed by atoms with Crippen molar-refractivity contribution in [2.45, 2.75) is 0 Å². The zero-order valence-electron chi connectivity index (χ0n) is 12.0. The van der Waals surface area contributed by atoms with E-state index in [1.54, 1.807) is 0 Å². The number of carbonyl (C=O) groups excluding carboxylic acids is 2. The second-order valence-corrected chi connectivity index (χ2v) is 5.94. The van der Waals surface area contributed by atoms with E-state index in [1.807, 2.05) is 0 Å². The van der Waals surface area contributed by atoms with E-state index in [-0.39, 0.29) is 22.8 Å². The lowest BCUT2D eigenvalue weighted by Gasteiger charge is -2.27. The normalized spacial score (nSPS) is 16.3. The average molecular weight is 412 g/mol. The molecule has 0 aliphatic carbocycles. The predicted octanol–water partition coefficient (Wildman–Crippen LogP) is 1.88. The Hall–Kier alpha value is -2.59. The summed E-state index contributed by atoms with van der Waals surface area (Å²) in [5.41, 5.74) is -0.924. The van der Waals surface area contributed by atoms with Crippen LogP contribution in [0.15, 0.2) is 34.8 Å². The number of halogens is 1. The fourth-order valence-electron chi connectivity index (χ4n) is 2.00. The molecule has 1 aliphatic rings. The Morgan fingerprint density at radius 2 is 2.12 bits per heavy atom. The Kier molecular flexibility index (Phi) is 5.10. The number of nitrogens with zero attached hydrogens (tertiary/aromatic N) is 2. The smallest absolute Gasteiger partial charge is 0.312 e. The minimum atomic E-state index is -0.774. The van der Waals surface area contributed by atoms with Gasteiger partial charge in [-0.3, -0.25) is 29.9 Å². The average Bonchev–Trinajstić information content (AvgIpc) is 2.50. The van der Waals surface area contributed by atoms with E-state index < -0.39 is 28.2 Å². The van der Waals surface area contributed by atoms with Crippen molar-refractivity contribution in [2.24, 2.45) is 0 Å². The van der Waals surface area contributed by atoms with Gasteiger partial charge in [0.05, 0.1) is 4.92 Å². The fourth-order valence-corrected chi connectivity index (χ4v) is 2.71. The zero-order valence-corrected chi connectivity index (χ0v) is 14.4. The molecular weight excluding hydrogens is 402 g/mol. The molecule has 10 heteroatoms. The van der Waals surface area contributed by atoms with Crippen molar-refractivity contribution in [3.63, 3.8) is 0 Å². The molecule has 124 valence electrons. The number of thiocarbonyl (C=S) groups is 1. The van der Waals surface area contributed by atoms with Gasteiger partial charge in [-0.2, -0.15) is 0 Å². The molecule has 8 nitrogen and oxygen atoms in total. The van der Waals surface area contributed by atoms with E-state index in [4.69, 9.17) is 12.2 Å². The number of benzene rings is 1. The molecule has 0 radical (unpaired) electrons. The SMILES string of the molecule is C=CCN1C(=O)/C(=C/c2cc(Br)cc([N+](=O)[O-])c2O)C(=O)NC1=S. The van der Waals surface area contributed by atoms with Crippen LogP contribution in [-0.4, -0.2) is 38.4 Å². The first-order chi connectivity index (χ1) is 11.3. The van der Waals surface area contributed by atoms with Crippen molar-refractivity contribution in [3.8, 4) is 5.75 Å². The number of phenolic OH excluding ortho intramolecular Hbond substituents is 1. The minimum Gasteiger partial charge on any atom is -0.502 e. The lowest BCUT2D eigenvalue weighted by molar-refractivity contribution is -0.385. The van der Waals surface area contributed by atoms with Gasteiger partial charge in [0.1, 0.15) is 5.57 Å². The summed E-state index contributed by atoms with van der Waals surface area (Å²) in [5.74, 6) is -2.10. The summed E-state index contributed by atoms with van der Waals surface area (Å²) in [6.45, 7) is 3.58. The first-order valence-electron chi connectivity index (χ1n) is 6.43. The van der Waals surface area contributed by atoms with Crippen LogP contribution >= 0.6 is 28.1 Å². The van der Waals surface area contributed by atoms with Crippen LogP contribution in [0.5, 0.6) is 5.75 Å². The highest BCUT2D eigenvalue weighted by molar-refractivity contribution is 9.10. The Labute approximate surface area is 149 Å². The number of phenols is 1. The number of hydrogen-bond donors (Lipinski definition) is 2. The van der Waals surface area contributed by atoms with Crippen LogP contribution in [0.1, 0.15) is 5.56 Å². The van der Waals surface area contributed by atoms with E-state index in [0.29, 0.717) is 4.47 Å². The molecule has 1 saturated heterocycles. The lowest BCUT2D eigenvalue weighted by atomic mass is 10.1. The molecule has 0 saturated carbocycles. The highest BCUT2D eigenvalue weighted by Gasteiger charge is 2.33. The van der Waals surface area contributed by atoms with Crippen molar-refractivity contribution < 1.29 is 19.6 Å². The summed E-state index contributed by atoms with van der Waals surface area (Å²) < 4.78 is 0.306. The summed E-state index contributed by atoms with van der Waals surface area (Å²) in [7, 11) is 0. The number of nitro benzene ring substituents is 1. The minimum absolute atomic E-state index is 0.0547. The van der Waals surface area contributed by atoms with Crippen molar-refractivity contribution >= 4 is 56.8 Å². The maximum absolute atomic E-state index is 12.4. The molecule has 1 heterocycles. The van der Waals surface area contributed by atoms with E-state index in [9.17, 15) is 24.8 Å². The molecule has 0 aromatic heterocycles. The Morgan fingerprint density at radius 3 is 2.71 bits per heavy atom. The molecule has 2 N–H and O–H groups in total. The summed E-state index contributed by atoms with van der Waals surface area (Å²) in [4.78, 5) is 35.7. The molecule has 24 heavy (non-hydrogen) atoms. The zero-order chi connectivity index (χ0) is 18.0. The van der Waals surface area contributed by atoms with Gasteiger partial charge in [0.15, 0.2) is 5.11 Å². The van der Waals surface area contributed by atoms with Gasteiger partial charge in [-0.05, 0) is 24.4 Å². The maximum atomic E-state index is 12.4. The van der Waals surface area contributed by atoms with Crippen molar-refractivity contribution in [3.05, 3.63) is 50.5 Å². The molecule has 1 aliphatic heterocycles. The van der Waals surface area contributed by atoms with Gasteiger partial charge in [-0.15, -0.1) is 6.58 Å². The highest BCUT2D eigenvalue weighted by atomic mass is 79.9. The molecule has 2 amide bonds. The van der Waals surface area contributed by atoms with E-state index in [2.05, 4.69) is 27.8 Å². The van der Waals surface area contributed by atoms with Gasteiger partial charge in [-0.1, -0.05) is 22.0 Å². The molecule has 2 rings (SSSR count). The van der Waals surface area contributed by atoms with Crippen LogP contribution in [0, 0.1) is 10.1 Å². The van der Waals surface area contributed by atoms with Gasteiger partial charge >= 0.3 is 5.69 Å². The van der Waals surface area contributed by atoms with Crippen molar-refractivity contribution in [1.29, 1.82) is 0 Å². The quantitative estimate of drug-likeness (QED) is 0.195. The van der Waals surface area contributed by atoms with Gasteiger partial charge in [0.25, 0.3) is 11.8 Å². The van der Waals surface area contributed by atoms with E-state index >= 15 is 0 Å². The van der Waals surface area contributed by atoms with Crippen LogP contribution < -0.4 is 5.32 Å². The van der Waals surface area contributed by atoms with E-state index in [1.165, 1.54) is 12.1 Å². The van der Waals surface area contributed by atoms with Gasteiger partial charge in [0, 0.05) is 22.6 Å². The maximum Gasteiger partial charge on any atom is 0.312 e. The Balaban J connectivity index is 2.55. The molecule has 0 bridgehead atoms. The van der Waals surface area contributed by atoms with Gasteiger partial charge < -0.3 is 5.11 Å². The topological polar surface area (TPSA) is 113 Å². The lowest BCUT2D eigenvalue weighted by Crippen LogP contribution is -2.53. The fraction of sp³-hybridized carbons (Fsp3) is 0.0714. The molecular formula is C14H10BrN3O5S. The number of nitro groups is 1. The van der Waals surface area contributed by atoms with Gasteiger partial charge in [-0.25, -0.2) is 0 Å². The second-order valence-electron chi connectivity index (χ2n) is 4.64. The first-order valence-corrected chi connectivity index (χ1v) is 7.63. The molecule has 1 aromatic rings. The monoisotopic (exact) mass is 411 g/mol. The molecule has 0 atom stereocenters. The third kappa shape index (κ3) is 3.34. The molecule has 1 aromatic carbocycles. The summed E-state index contributed by atoms with van der Waals surface area (Å²) in [6, 6.07) is 2.46. The predicted molar refractivity (Wildman–Crippen MR) is 93.1 cm³/mol. The first kappa shape index (κ1) is 17.8. The third-order valence-electron chi connectivity index (χ3n) is 3.08. The number of carbonyl (C=O) groups is 2. The Morgan fingerprint density at radius 1 is 1.46 bits per heavy atom. The molecule has 0 unspecified atom stereocenters. The third-order valence-corrected chi connectivity index (χ3v) is 3.86. The highest BCUT2D eigenvalue weighted by Crippen LogP contribution is 2.35. The molecule has 0 spiro atoms. The van der Waals surface area contributed by atoms with Crippen LogP contribution in [-0.2, 0) is 9.59 Å². The number of amides is 2. The van der Waals surface area contributed by atoms with Crippen molar-refractivity contribution in [2.75, 3.05) is 6.54 Å².